The molecule has 140 valence electrons. The molecule has 0 N–H and O–H groups in total. The van der Waals surface area contributed by atoms with Gasteiger partial charge in [-0.15, -0.1) is 11.3 Å². The topological polar surface area (TPSA) is 72.9 Å². The zero-order valence-corrected chi connectivity index (χ0v) is 16.1. The molecule has 6 nitrogen and oxygen atoms in total. The molecule has 1 atom stereocenters. The van der Waals surface area contributed by atoms with Crippen LogP contribution in [-0.4, -0.2) is 50.5 Å². The Morgan fingerprint density at radius 2 is 2.00 bits per heavy atom. The monoisotopic (exact) mass is 395 g/mol. The predicted octanol–water partition coefficient (Wildman–Crippen LogP) is 2.35. The highest BCUT2D eigenvalue weighted by atomic mass is 32.2. The summed E-state index contributed by atoms with van der Waals surface area (Å²) < 4.78 is 34.6. The maximum atomic E-state index is 12.8. The van der Waals surface area contributed by atoms with E-state index in [4.69, 9.17) is 9.47 Å². The number of rotatable bonds is 7. The summed E-state index contributed by atoms with van der Waals surface area (Å²) in [6, 6.07) is 10.7. The lowest BCUT2D eigenvalue weighted by Gasteiger charge is -2.28. The minimum Gasteiger partial charge on any atom is -0.493 e. The zero-order chi connectivity index (χ0) is 18.6. The fourth-order valence-electron chi connectivity index (χ4n) is 2.97. The molecule has 1 aliphatic heterocycles. The van der Waals surface area contributed by atoms with Crippen molar-refractivity contribution in [3.63, 3.8) is 0 Å². The fourth-order valence-corrected chi connectivity index (χ4v) is 5.41. The van der Waals surface area contributed by atoms with Gasteiger partial charge in [0.1, 0.15) is 0 Å². The molecule has 8 heteroatoms. The number of hydrogen-bond donors (Lipinski definition) is 0. The first-order valence-corrected chi connectivity index (χ1v) is 11.0. The highest BCUT2D eigenvalue weighted by Crippen LogP contribution is 2.26. The van der Waals surface area contributed by atoms with E-state index in [0.29, 0.717) is 24.5 Å². The molecule has 0 saturated carbocycles. The summed E-state index contributed by atoms with van der Waals surface area (Å²) in [4.78, 5) is 15.5. The molecular weight excluding hydrogens is 374 g/mol. The molecule has 1 aromatic carbocycles. The van der Waals surface area contributed by atoms with Gasteiger partial charge in [0.15, 0.2) is 27.9 Å². The van der Waals surface area contributed by atoms with Gasteiger partial charge in [-0.25, -0.2) is 8.42 Å². The van der Waals surface area contributed by atoms with Gasteiger partial charge in [0.2, 0.25) is 0 Å². The second kappa shape index (κ2) is 8.09. The second-order valence-corrected chi connectivity index (χ2v) is 9.36. The summed E-state index contributed by atoms with van der Waals surface area (Å²) in [5, 5.41) is 1.94. The summed E-state index contributed by atoms with van der Waals surface area (Å²) in [7, 11) is -1.54. The number of benzene rings is 1. The van der Waals surface area contributed by atoms with Gasteiger partial charge in [-0.05, 0) is 30.0 Å². The molecular formula is C18H21NO5S2. The number of amides is 1. The van der Waals surface area contributed by atoms with E-state index in [1.54, 1.807) is 34.4 Å². The van der Waals surface area contributed by atoms with Gasteiger partial charge in [-0.1, -0.05) is 18.2 Å². The molecule has 0 bridgehead atoms. The molecule has 1 saturated heterocycles. The molecule has 0 spiro atoms. The summed E-state index contributed by atoms with van der Waals surface area (Å²) >= 11 is 1.54. The van der Waals surface area contributed by atoms with Gasteiger partial charge in [0.25, 0.3) is 5.91 Å². The SMILES string of the molecule is COc1ccccc1OCC(=O)N(Cc1cccs1)[C@@H]1CCS(=O)(=O)C1. The normalized spacial score (nSPS) is 18.4. The van der Waals surface area contributed by atoms with E-state index in [1.165, 1.54) is 7.11 Å². The first-order chi connectivity index (χ1) is 12.5. The van der Waals surface area contributed by atoms with Crippen molar-refractivity contribution in [2.75, 3.05) is 25.2 Å². The largest absolute Gasteiger partial charge is 0.493 e. The van der Waals surface area contributed by atoms with Gasteiger partial charge >= 0.3 is 0 Å². The number of thiophene rings is 1. The van der Waals surface area contributed by atoms with Crippen molar-refractivity contribution in [2.45, 2.75) is 19.0 Å². The van der Waals surface area contributed by atoms with Crippen molar-refractivity contribution < 1.29 is 22.7 Å². The van der Waals surface area contributed by atoms with Crippen molar-refractivity contribution in [3.8, 4) is 11.5 Å². The zero-order valence-electron chi connectivity index (χ0n) is 14.5. The molecule has 0 radical (unpaired) electrons. The number of carbonyl (C=O) groups excluding carboxylic acids is 1. The minimum absolute atomic E-state index is 0.0127. The first-order valence-electron chi connectivity index (χ1n) is 8.26. The third-order valence-corrected chi connectivity index (χ3v) is 6.91. The Morgan fingerprint density at radius 1 is 1.23 bits per heavy atom. The third kappa shape index (κ3) is 4.56. The Kier molecular flexibility index (Phi) is 5.83. The summed E-state index contributed by atoms with van der Waals surface area (Å²) in [5.74, 6) is 0.941. The Balaban J connectivity index is 1.72. The second-order valence-electron chi connectivity index (χ2n) is 6.10. The van der Waals surface area contributed by atoms with Crippen LogP contribution in [0.25, 0.3) is 0 Å². The minimum atomic E-state index is -3.08. The fraction of sp³-hybridized carbons (Fsp3) is 0.389. The van der Waals surface area contributed by atoms with Crippen LogP contribution in [0.2, 0.25) is 0 Å². The van der Waals surface area contributed by atoms with Gasteiger partial charge < -0.3 is 14.4 Å². The maximum absolute atomic E-state index is 12.8. The Morgan fingerprint density at radius 3 is 2.62 bits per heavy atom. The van der Waals surface area contributed by atoms with E-state index in [1.807, 2.05) is 23.6 Å². The first kappa shape index (κ1) is 18.7. The number of para-hydroxylation sites is 2. The van der Waals surface area contributed by atoms with Crippen molar-refractivity contribution in [1.82, 2.24) is 4.90 Å². The van der Waals surface area contributed by atoms with Crippen molar-refractivity contribution in [3.05, 3.63) is 46.7 Å². The van der Waals surface area contributed by atoms with E-state index < -0.39 is 9.84 Å². The molecule has 3 rings (SSSR count). The van der Waals surface area contributed by atoms with Gasteiger partial charge in [0.05, 0.1) is 25.2 Å². The van der Waals surface area contributed by atoms with Crippen LogP contribution in [-0.2, 0) is 21.2 Å². The van der Waals surface area contributed by atoms with Gasteiger partial charge in [-0.3, -0.25) is 4.79 Å². The van der Waals surface area contributed by atoms with Crippen LogP contribution in [0.3, 0.4) is 0 Å². The highest BCUT2D eigenvalue weighted by molar-refractivity contribution is 7.91. The molecule has 1 aromatic heterocycles. The highest BCUT2D eigenvalue weighted by Gasteiger charge is 2.35. The van der Waals surface area contributed by atoms with Gasteiger partial charge in [-0.2, -0.15) is 0 Å². The molecule has 0 unspecified atom stereocenters. The van der Waals surface area contributed by atoms with Crippen LogP contribution in [0, 0.1) is 0 Å². The molecule has 1 fully saturated rings. The Labute approximate surface area is 157 Å². The number of ether oxygens (including phenoxy) is 2. The summed E-state index contributed by atoms with van der Waals surface area (Å²) in [5.41, 5.74) is 0. The van der Waals surface area contributed by atoms with Crippen LogP contribution in [0.4, 0.5) is 0 Å². The molecule has 26 heavy (non-hydrogen) atoms. The maximum Gasteiger partial charge on any atom is 0.261 e. The third-order valence-electron chi connectivity index (χ3n) is 4.30. The number of hydrogen-bond acceptors (Lipinski definition) is 6. The molecule has 2 heterocycles. The van der Waals surface area contributed by atoms with Crippen LogP contribution in [0.1, 0.15) is 11.3 Å². The van der Waals surface area contributed by atoms with Crippen LogP contribution in [0.5, 0.6) is 11.5 Å². The van der Waals surface area contributed by atoms with E-state index in [9.17, 15) is 13.2 Å². The summed E-state index contributed by atoms with van der Waals surface area (Å²) in [6.07, 6.45) is 0.466. The molecule has 1 amide bonds. The Bertz CT molecular complexity index is 848. The van der Waals surface area contributed by atoms with Crippen molar-refractivity contribution in [1.29, 1.82) is 0 Å². The lowest BCUT2D eigenvalue weighted by Crippen LogP contribution is -2.42. The van der Waals surface area contributed by atoms with E-state index >= 15 is 0 Å². The van der Waals surface area contributed by atoms with Crippen LogP contribution in [0.15, 0.2) is 41.8 Å². The van der Waals surface area contributed by atoms with Gasteiger partial charge in [0, 0.05) is 10.9 Å². The number of sulfone groups is 1. The lowest BCUT2D eigenvalue weighted by atomic mass is 10.2. The van der Waals surface area contributed by atoms with Crippen LogP contribution < -0.4 is 9.47 Å². The standard InChI is InChI=1S/C18H21NO5S2/c1-23-16-6-2-3-7-17(16)24-12-18(20)19(11-15-5-4-9-25-15)14-8-10-26(21,22)13-14/h2-7,9,14H,8,10-13H2,1H3/t14-/m1/s1. The average Bonchev–Trinajstić information content (AvgIpc) is 3.26. The Hall–Kier alpha value is -2.06. The van der Waals surface area contributed by atoms with E-state index in [0.717, 1.165) is 4.88 Å². The average molecular weight is 396 g/mol. The quantitative estimate of drug-likeness (QED) is 0.720. The molecule has 2 aromatic rings. The predicted molar refractivity (Wildman–Crippen MR) is 100 cm³/mol. The summed E-state index contributed by atoms with van der Waals surface area (Å²) in [6.45, 7) is 0.230. The van der Waals surface area contributed by atoms with E-state index in [-0.39, 0.29) is 30.1 Å². The number of methoxy groups -OCH3 is 1. The van der Waals surface area contributed by atoms with Crippen LogP contribution >= 0.6 is 11.3 Å². The van der Waals surface area contributed by atoms with Crippen molar-refractivity contribution in [2.24, 2.45) is 0 Å². The number of nitrogens with zero attached hydrogens (tertiary/aromatic N) is 1. The smallest absolute Gasteiger partial charge is 0.261 e. The lowest BCUT2D eigenvalue weighted by molar-refractivity contribution is -0.135. The molecule has 1 aliphatic rings. The van der Waals surface area contributed by atoms with E-state index in [2.05, 4.69) is 0 Å². The molecule has 0 aliphatic carbocycles. The van der Waals surface area contributed by atoms with Crippen molar-refractivity contribution >= 4 is 27.1 Å². The number of carbonyl (C=O) groups is 1.